The van der Waals surface area contributed by atoms with E-state index in [-0.39, 0.29) is 11.0 Å². The molecule has 1 fully saturated rings. The number of quaternary nitrogens is 1. The molecule has 0 atom stereocenters. The number of piperidine rings is 1. The molecule has 0 unspecified atom stereocenters. The molecule has 8 nitrogen and oxygen atoms in total. The molecule has 3 heterocycles. The maximum atomic E-state index is 13.6. The van der Waals surface area contributed by atoms with Gasteiger partial charge < -0.3 is 19.6 Å². The third kappa shape index (κ3) is 4.07. The Labute approximate surface area is 188 Å². The third-order valence-electron chi connectivity index (χ3n) is 6.22. The Morgan fingerprint density at radius 1 is 1.09 bits per heavy atom. The zero-order valence-electron chi connectivity index (χ0n) is 18.3. The predicted octanol–water partition coefficient (Wildman–Crippen LogP) is 1.77. The second-order valence-electron chi connectivity index (χ2n) is 8.42. The molecular formula is C24H25FN5O3+. The van der Waals surface area contributed by atoms with Gasteiger partial charge in [-0.25, -0.2) is 9.18 Å². The quantitative estimate of drug-likeness (QED) is 0.405. The van der Waals surface area contributed by atoms with Crippen molar-refractivity contribution in [3.8, 4) is 5.75 Å². The maximum absolute atomic E-state index is 13.6. The van der Waals surface area contributed by atoms with Crippen LogP contribution in [0.15, 0.2) is 51.1 Å². The van der Waals surface area contributed by atoms with Gasteiger partial charge in [0.05, 0.1) is 31.9 Å². The predicted molar refractivity (Wildman–Crippen MR) is 125 cm³/mol. The zero-order valence-corrected chi connectivity index (χ0v) is 18.3. The van der Waals surface area contributed by atoms with Crippen molar-refractivity contribution in [2.24, 2.45) is 5.10 Å². The number of hydrogen-bond acceptors (Lipinski definition) is 4. The monoisotopic (exact) mass is 450 g/mol. The smallest absolute Gasteiger partial charge is 0.350 e. The number of aromatic nitrogens is 3. The average Bonchev–Trinajstić information content (AvgIpc) is 3.17. The molecule has 33 heavy (non-hydrogen) atoms. The number of halogens is 1. The number of fused-ring (bicyclic) bond motifs is 3. The number of ether oxygens (including phenoxy) is 1. The molecule has 5 rings (SSSR count). The SMILES string of the molecule is COc1ccc(/C=N/n2c(=O)[nH]c3c([nH]c4ccc(F)cc43)c2=O)cc1C[NH+]1CCCCC1. The summed E-state index contributed by atoms with van der Waals surface area (Å²) in [4.78, 5) is 32.6. The van der Waals surface area contributed by atoms with Crippen LogP contribution in [0.5, 0.6) is 5.75 Å². The molecule has 3 N–H and O–H groups in total. The fourth-order valence-electron chi connectivity index (χ4n) is 4.56. The van der Waals surface area contributed by atoms with Gasteiger partial charge >= 0.3 is 11.2 Å². The Balaban J connectivity index is 1.50. The molecule has 0 aliphatic carbocycles. The molecular weight excluding hydrogens is 425 g/mol. The van der Waals surface area contributed by atoms with Crippen LogP contribution >= 0.6 is 0 Å². The minimum Gasteiger partial charge on any atom is -0.496 e. The van der Waals surface area contributed by atoms with Crippen LogP contribution in [0.4, 0.5) is 4.39 Å². The molecule has 0 saturated carbocycles. The molecule has 1 saturated heterocycles. The lowest BCUT2D eigenvalue weighted by Crippen LogP contribution is -3.11. The van der Waals surface area contributed by atoms with Crippen LogP contribution in [-0.2, 0) is 6.54 Å². The summed E-state index contributed by atoms with van der Waals surface area (Å²) >= 11 is 0. The summed E-state index contributed by atoms with van der Waals surface area (Å²) in [7, 11) is 1.65. The lowest BCUT2D eigenvalue weighted by Gasteiger charge is -2.24. The van der Waals surface area contributed by atoms with Gasteiger partial charge in [0.15, 0.2) is 0 Å². The average molecular weight is 450 g/mol. The van der Waals surface area contributed by atoms with E-state index < -0.39 is 17.1 Å². The van der Waals surface area contributed by atoms with Crippen molar-refractivity contribution >= 4 is 28.2 Å². The van der Waals surface area contributed by atoms with Crippen molar-refractivity contribution < 1.29 is 14.0 Å². The Kier molecular flexibility index (Phi) is 5.55. The van der Waals surface area contributed by atoms with Crippen LogP contribution < -0.4 is 20.9 Å². The summed E-state index contributed by atoms with van der Waals surface area (Å²) < 4.78 is 19.9. The Hall–Kier alpha value is -3.72. The van der Waals surface area contributed by atoms with Crippen molar-refractivity contribution in [3.05, 3.63) is 74.2 Å². The van der Waals surface area contributed by atoms with E-state index in [0.29, 0.717) is 10.9 Å². The second-order valence-corrected chi connectivity index (χ2v) is 8.42. The summed E-state index contributed by atoms with van der Waals surface area (Å²) in [5, 5.41) is 4.59. The lowest BCUT2D eigenvalue weighted by molar-refractivity contribution is -0.918. The van der Waals surface area contributed by atoms with E-state index in [1.54, 1.807) is 7.11 Å². The maximum Gasteiger partial charge on any atom is 0.350 e. The molecule has 1 aliphatic rings. The van der Waals surface area contributed by atoms with E-state index in [0.717, 1.165) is 41.2 Å². The minimum atomic E-state index is -0.694. The fourth-order valence-corrected chi connectivity index (χ4v) is 4.56. The zero-order chi connectivity index (χ0) is 22.9. The Morgan fingerprint density at radius 2 is 1.91 bits per heavy atom. The molecule has 2 aromatic carbocycles. The van der Waals surface area contributed by atoms with Crippen LogP contribution in [0.25, 0.3) is 21.9 Å². The number of rotatable bonds is 5. The van der Waals surface area contributed by atoms with Gasteiger partial charge in [0.25, 0.3) is 0 Å². The molecule has 170 valence electrons. The highest BCUT2D eigenvalue weighted by Crippen LogP contribution is 2.22. The number of likely N-dealkylation sites (tertiary alicyclic amines) is 1. The van der Waals surface area contributed by atoms with Crippen LogP contribution in [0.1, 0.15) is 30.4 Å². The van der Waals surface area contributed by atoms with Gasteiger partial charge in [-0.3, -0.25) is 4.79 Å². The highest BCUT2D eigenvalue weighted by Gasteiger charge is 2.17. The van der Waals surface area contributed by atoms with Gasteiger partial charge in [-0.2, -0.15) is 5.10 Å². The van der Waals surface area contributed by atoms with Gasteiger partial charge in [-0.05, 0) is 61.2 Å². The summed E-state index contributed by atoms with van der Waals surface area (Å²) in [5.74, 6) is 0.361. The number of methoxy groups -OCH3 is 1. The van der Waals surface area contributed by atoms with Crippen LogP contribution in [-0.4, -0.2) is 41.1 Å². The normalized spacial score (nSPS) is 15.1. The highest BCUT2D eigenvalue weighted by atomic mass is 19.1. The summed E-state index contributed by atoms with van der Waals surface area (Å²) in [6, 6.07) is 9.79. The molecule has 0 spiro atoms. The number of aromatic amines is 2. The molecule has 2 aromatic heterocycles. The van der Waals surface area contributed by atoms with E-state index in [9.17, 15) is 14.0 Å². The van der Waals surface area contributed by atoms with E-state index in [1.807, 2.05) is 18.2 Å². The Bertz CT molecular complexity index is 1480. The molecule has 0 amide bonds. The van der Waals surface area contributed by atoms with Crippen molar-refractivity contribution in [2.45, 2.75) is 25.8 Å². The minimum absolute atomic E-state index is 0.163. The van der Waals surface area contributed by atoms with Gasteiger partial charge in [0, 0.05) is 16.5 Å². The van der Waals surface area contributed by atoms with Gasteiger partial charge in [0.2, 0.25) is 0 Å². The lowest BCUT2D eigenvalue weighted by atomic mass is 10.1. The topological polar surface area (TPSA) is 96.7 Å². The number of nitrogens with one attached hydrogen (secondary N) is 3. The van der Waals surface area contributed by atoms with Gasteiger partial charge in [-0.15, -0.1) is 4.68 Å². The van der Waals surface area contributed by atoms with Crippen molar-refractivity contribution in [2.75, 3.05) is 20.2 Å². The molecule has 1 aliphatic heterocycles. The standard InChI is InChI=1S/C24H24FN5O3/c1-33-20-8-5-15(11-16(20)14-29-9-3-2-4-10-29)13-26-30-23(31)22-21(28-24(30)32)18-12-17(25)6-7-19(18)27-22/h5-8,11-13,27H,2-4,9-10,14H2,1H3,(H,28,32)/p+1/b26-13+. The van der Waals surface area contributed by atoms with E-state index in [1.165, 1.54) is 48.6 Å². The first-order valence-electron chi connectivity index (χ1n) is 11.0. The highest BCUT2D eigenvalue weighted by molar-refractivity contribution is 6.04. The molecule has 9 heteroatoms. The van der Waals surface area contributed by atoms with E-state index in [2.05, 4.69) is 15.1 Å². The van der Waals surface area contributed by atoms with Crippen LogP contribution in [0, 0.1) is 5.82 Å². The van der Waals surface area contributed by atoms with Gasteiger partial charge in [-0.1, -0.05) is 0 Å². The number of hydrogen-bond donors (Lipinski definition) is 3. The Morgan fingerprint density at radius 3 is 2.70 bits per heavy atom. The van der Waals surface area contributed by atoms with Crippen molar-refractivity contribution in [3.63, 3.8) is 0 Å². The molecule has 4 aromatic rings. The molecule has 0 radical (unpaired) electrons. The van der Waals surface area contributed by atoms with Crippen LogP contribution in [0.2, 0.25) is 0 Å². The molecule has 0 bridgehead atoms. The largest absolute Gasteiger partial charge is 0.496 e. The summed E-state index contributed by atoms with van der Waals surface area (Å²) in [5.41, 5.74) is 1.51. The van der Waals surface area contributed by atoms with Crippen LogP contribution in [0.3, 0.4) is 0 Å². The summed E-state index contributed by atoms with van der Waals surface area (Å²) in [6.45, 7) is 3.13. The first-order valence-corrected chi connectivity index (χ1v) is 11.0. The van der Waals surface area contributed by atoms with E-state index >= 15 is 0 Å². The van der Waals surface area contributed by atoms with E-state index in [4.69, 9.17) is 4.74 Å². The number of nitrogens with zero attached hydrogens (tertiary/aromatic N) is 2. The van der Waals surface area contributed by atoms with Crippen molar-refractivity contribution in [1.29, 1.82) is 0 Å². The first-order chi connectivity index (χ1) is 16.0. The first kappa shape index (κ1) is 21.1. The fraction of sp³-hybridized carbons (Fsp3) is 0.292. The number of benzene rings is 2. The van der Waals surface area contributed by atoms with Gasteiger partial charge in [0.1, 0.15) is 23.6 Å². The second kappa shape index (κ2) is 8.67. The summed E-state index contributed by atoms with van der Waals surface area (Å²) in [6.07, 6.45) is 5.23. The third-order valence-corrected chi connectivity index (χ3v) is 6.22. The van der Waals surface area contributed by atoms with Crippen molar-refractivity contribution in [1.82, 2.24) is 14.6 Å². The number of H-pyrrole nitrogens is 2.